The Balaban J connectivity index is 1.10. The first kappa shape index (κ1) is 23.3. The first-order valence-corrected chi connectivity index (χ1v) is 11.8. The van der Waals surface area contributed by atoms with Crippen LogP contribution in [0.15, 0.2) is 53.1 Å². The maximum Gasteiger partial charge on any atom is 0.416 e. The van der Waals surface area contributed by atoms with Gasteiger partial charge in [-0.1, -0.05) is 6.07 Å². The van der Waals surface area contributed by atoms with Crippen molar-refractivity contribution in [2.24, 2.45) is 5.73 Å². The van der Waals surface area contributed by atoms with Crippen LogP contribution >= 0.6 is 0 Å². The van der Waals surface area contributed by atoms with E-state index >= 15 is 0 Å². The third kappa shape index (κ3) is 5.00. The molecule has 0 spiro atoms. The van der Waals surface area contributed by atoms with Gasteiger partial charge in [-0.25, -0.2) is 0 Å². The molecular weight excluding hydrogens is 457 g/mol. The van der Waals surface area contributed by atoms with Crippen molar-refractivity contribution in [2.45, 2.75) is 25.4 Å². The number of alkyl halides is 3. The number of carbonyl (C=O) groups excluding carboxylic acids is 1. The van der Waals surface area contributed by atoms with Gasteiger partial charge in [-0.05, 0) is 67.8 Å². The molecule has 0 radical (unpaired) electrons. The van der Waals surface area contributed by atoms with Crippen molar-refractivity contribution >= 4 is 33.5 Å². The van der Waals surface area contributed by atoms with E-state index in [0.29, 0.717) is 11.1 Å². The molecule has 3 N–H and O–H groups in total. The molecular formula is C26H27F3N4O2. The van der Waals surface area contributed by atoms with Gasteiger partial charge in [0.25, 0.3) is 5.91 Å². The predicted molar refractivity (Wildman–Crippen MR) is 130 cm³/mol. The van der Waals surface area contributed by atoms with Crippen molar-refractivity contribution in [3.63, 3.8) is 0 Å². The van der Waals surface area contributed by atoms with Crippen LogP contribution in [0.3, 0.4) is 0 Å². The molecule has 35 heavy (non-hydrogen) atoms. The summed E-state index contributed by atoms with van der Waals surface area (Å²) in [7, 11) is 0. The van der Waals surface area contributed by atoms with Crippen molar-refractivity contribution < 1.29 is 22.4 Å². The molecule has 6 nitrogen and oxygen atoms in total. The fraction of sp³-hybridized carbons (Fsp3) is 0.346. The lowest BCUT2D eigenvalue weighted by atomic mass is 10.1. The van der Waals surface area contributed by atoms with Crippen LogP contribution in [0, 0.1) is 0 Å². The molecule has 0 unspecified atom stereocenters. The number of primary amides is 1. The van der Waals surface area contributed by atoms with Crippen molar-refractivity contribution in [2.75, 3.05) is 37.6 Å². The van der Waals surface area contributed by atoms with E-state index in [1.165, 1.54) is 6.07 Å². The first-order chi connectivity index (χ1) is 16.8. The minimum Gasteiger partial charge on any atom is -0.451 e. The zero-order valence-electron chi connectivity index (χ0n) is 19.2. The molecule has 4 aromatic rings. The molecule has 0 aliphatic carbocycles. The summed E-state index contributed by atoms with van der Waals surface area (Å²) in [6, 6.07) is 11.5. The van der Waals surface area contributed by atoms with Crippen molar-refractivity contribution in [3.05, 3.63) is 65.5 Å². The highest BCUT2D eigenvalue weighted by Gasteiger charge is 2.30. The summed E-state index contributed by atoms with van der Waals surface area (Å²) in [5.41, 5.74) is 8.03. The number of rotatable bonds is 7. The number of nitrogens with two attached hydrogens (primary N) is 1. The van der Waals surface area contributed by atoms with E-state index in [0.717, 1.165) is 80.1 Å². The number of aromatic nitrogens is 1. The van der Waals surface area contributed by atoms with E-state index in [9.17, 15) is 18.0 Å². The number of benzene rings is 2. The van der Waals surface area contributed by atoms with Gasteiger partial charge >= 0.3 is 6.18 Å². The molecule has 1 fully saturated rings. The molecule has 1 aliphatic rings. The van der Waals surface area contributed by atoms with Crippen LogP contribution in [-0.2, 0) is 12.6 Å². The summed E-state index contributed by atoms with van der Waals surface area (Å²) in [5.74, 6) is -0.405. The Bertz CT molecular complexity index is 1350. The Kier molecular flexibility index (Phi) is 6.19. The van der Waals surface area contributed by atoms with E-state index < -0.39 is 17.6 Å². The van der Waals surface area contributed by atoms with Gasteiger partial charge in [0.05, 0.1) is 5.56 Å². The van der Waals surface area contributed by atoms with Crippen molar-refractivity contribution in [1.29, 1.82) is 0 Å². The molecule has 0 atom stereocenters. The van der Waals surface area contributed by atoms with Gasteiger partial charge in [-0.15, -0.1) is 0 Å². The minimum absolute atomic E-state index is 0.167. The number of H-pyrrole nitrogens is 1. The molecule has 3 heterocycles. The van der Waals surface area contributed by atoms with Crippen LogP contribution < -0.4 is 10.6 Å². The number of carbonyl (C=O) groups is 1. The van der Waals surface area contributed by atoms with Crippen LogP contribution in [0.2, 0.25) is 0 Å². The highest BCUT2D eigenvalue weighted by Crippen LogP contribution is 2.32. The van der Waals surface area contributed by atoms with Gasteiger partial charge < -0.3 is 20.0 Å². The number of amides is 1. The lowest BCUT2D eigenvalue weighted by Gasteiger charge is -2.36. The molecule has 1 amide bonds. The standard InChI is InChI=1S/C26H27F3N4O2/c27-26(28,29)19-4-6-21-17(16-31-22(21)15-19)3-1-2-8-32-9-11-33(12-10-32)20-5-7-23-18(13-20)14-24(35-23)25(30)34/h4-7,13-16,31H,1-3,8-12H2,(H2,30,34). The van der Waals surface area contributed by atoms with Gasteiger partial charge in [0.2, 0.25) is 0 Å². The smallest absolute Gasteiger partial charge is 0.416 e. The Morgan fingerprint density at radius 3 is 2.57 bits per heavy atom. The van der Waals surface area contributed by atoms with Gasteiger partial charge in [-0.3, -0.25) is 9.69 Å². The molecule has 5 rings (SSSR count). The van der Waals surface area contributed by atoms with E-state index in [4.69, 9.17) is 10.2 Å². The number of fused-ring (bicyclic) bond motifs is 2. The maximum absolute atomic E-state index is 12.9. The van der Waals surface area contributed by atoms with Gasteiger partial charge in [-0.2, -0.15) is 13.2 Å². The quantitative estimate of drug-likeness (QED) is 0.355. The number of piperazine rings is 1. The molecule has 9 heteroatoms. The average molecular weight is 485 g/mol. The Morgan fingerprint density at radius 2 is 1.83 bits per heavy atom. The number of aryl methyl sites for hydroxylation is 1. The third-order valence-corrected chi connectivity index (χ3v) is 6.75. The van der Waals surface area contributed by atoms with Crippen LogP contribution in [0.25, 0.3) is 21.9 Å². The molecule has 2 aromatic heterocycles. The lowest BCUT2D eigenvalue weighted by Crippen LogP contribution is -2.46. The molecule has 1 aliphatic heterocycles. The van der Waals surface area contributed by atoms with Gasteiger partial charge in [0.15, 0.2) is 5.76 Å². The normalized spacial score (nSPS) is 15.3. The molecule has 0 saturated carbocycles. The van der Waals surface area contributed by atoms with Crippen LogP contribution in [0.5, 0.6) is 0 Å². The summed E-state index contributed by atoms with van der Waals surface area (Å²) in [6.45, 7) is 4.75. The highest BCUT2D eigenvalue weighted by atomic mass is 19.4. The monoisotopic (exact) mass is 484 g/mol. The molecule has 184 valence electrons. The fourth-order valence-corrected chi connectivity index (χ4v) is 4.80. The number of anilines is 1. The Hall–Kier alpha value is -3.46. The second kappa shape index (κ2) is 9.30. The Labute approximate surface area is 200 Å². The maximum atomic E-state index is 12.9. The van der Waals surface area contributed by atoms with E-state index in [1.54, 1.807) is 12.1 Å². The minimum atomic E-state index is -4.33. The number of hydrogen-bond acceptors (Lipinski definition) is 4. The summed E-state index contributed by atoms with van der Waals surface area (Å²) in [4.78, 5) is 19.1. The summed E-state index contributed by atoms with van der Waals surface area (Å²) >= 11 is 0. The predicted octanol–water partition coefficient (Wildman–Crippen LogP) is 5.18. The molecule has 2 aromatic carbocycles. The SMILES string of the molecule is NC(=O)c1cc2cc(N3CCN(CCCCc4c[nH]c5cc(C(F)(F)F)ccc45)CC3)ccc2o1. The summed E-state index contributed by atoms with van der Waals surface area (Å²) in [5, 5.41) is 1.73. The van der Waals surface area contributed by atoms with Crippen LogP contribution in [0.4, 0.5) is 18.9 Å². The second-order valence-electron chi connectivity index (χ2n) is 9.05. The highest BCUT2D eigenvalue weighted by molar-refractivity contribution is 5.95. The zero-order chi connectivity index (χ0) is 24.6. The topological polar surface area (TPSA) is 78.5 Å². The number of nitrogens with one attached hydrogen (secondary N) is 1. The lowest BCUT2D eigenvalue weighted by molar-refractivity contribution is -0.137. The molecule has 0 bridgehead atoms. The van der Waals surface area contributed by atoms with E-state index in [-0.39, 0.29) is 5.76 Å². The number of nitrogens with zero attached hydrogens (tertiary/aromatic N) is 2. The number of unbranched alkanes of at least 4 members (excludes halogenated alkanes) is 1. The number of hydrogen-bond donors (Lipinski definition) is 2. The molecule has 1 saturated heterocycles. The Morgan fingerprint density at radius 1 is 1.03 bits per heavy atom. The van der Waals surface area contributed by atoms with Crippen LogP contribution in [-0.4, -0.2) is 48.5 Å². The summed E-state index contributed by atoms with van der Waals surface area (Å²) in [6.07, 6.45) is 0.345. The first-order valence-electron chi connectivity index (χ1n) is 11.8. The fourth-order valence-electron chi connectivity index (χ4n) is 4.80. The van der Waals surface area contributed by atoms with E-state index in [2.05, 4.69) is 14.8 Å². The largest absolute Gasteiger partial charge is 0.451 e. The van der Waals surface area contributed by atoms with Crippen LogP contribution in [0.1, 0.15) is 34.5 Å². The van der Waals surface area contributed by atoms with Gasteiger partial charge in [0, 0.05) is 54.4 Å². The van der Waals surface area contributed by atoms with Crippen molar-refractivity contribution in [1.82, 2.24) is 9.88 Å². The summed E-state index contributed by atoms with van der Waals surface area (Å²) < 4.78 is 44.2. The zero-order valence-corrected chi connectivity index (χ0v) is 19.2. The second-order valence-corrected chi connectivity index (χ2v) is 9.05. The third-order valence-electron chi connectivity index (χ3n) is 6.75. The number of halogens is 3. The van der Waals surface area contributed by atoms with Crippen molar-refractivity contribution in [3.8, 4) is 0 Å². The number of aromatic amines is 1. The van der Waals surface area contributed by atoms with E-state index in [1.807, 2.05) is 24.4 Å². The van der Waals surface area contributed by atoms with Gasteiger partial charge in [0.1, 0.15) is 5.58 Å². The average Bonchev–Trinajstić information content (AvgIpc) is 3.45. The number of furan rings is 1.